The summed E-state index contributed by atoms with van der Waals surface area (Å²) in [5.41, 5.74) is 5.48. The van der Waals surface area contributed by atoms with Gasteiger partial charge in [-0.15, -0.1) is 0 Å². The Labute approximate surface area is 83.6 Å². The lowest BCUT2D eigenvalue weighted by atomic mass is 10.3. The van der Waals surface area contributed by atoms with E-state index in [-0.39, 0.29) is 24.4 Å². The second-order valence-corrected chi connectivity index (χ2v) is 3.70. The Hall–Kier alpha value is -1.10. The first-order valence-electron chi connectivity index (χ1n) is 4.89. The molecule has 5 heteroatoms. The van der Waals surface area contributed by atoms with E-state index in [1.54, 1.807) is 4.90 Å². The predicted octanol–water partition coefficient (Wildman–Crippen LogP) is -0.928. The van der Waals surface area contributed by atoms with Crippen LogP contribution in [0.25, 0.3) is 0 Å². The molecule has 0 bridgehead atoms. The van der Waals surface area contributed by atoms with Crippen molar-refractivity contribution in [2.45, 2.75) is 25.8 Å². The third kappa shape index (κ3) is 3.33. The van der Waals surface area contributed by atoms with Gasteiger partial charge in [-0.2, -0.15) is 0 Å². The first kappa shape index (κ1) is 11.0. The summed E-state index contributed by atoms with van der Waals surface area (Å²) in [7, 11) is 0. The molecule has 3 N–H and O–H groups in total. The fraction of sp³-hybridized carbons (Fsp3) is 0.778. The quantitative estimate of drug-likeness (QED) is 0.614. The second-order valence-electron chi connectivity index (χ2n) is 3.70. The first-order chi connectivity index (χ1) is 6.59. The van der Waals surface area contributed by atoms with Crippen LogP contribution in [0.4, 0.5) is 0 Å². The van der Waals surface area contributed by atoms with Crippen LogP contribution in [-0.4, -0.2) is 42.4 Å². The van der Waals surface area contributed by atoms with Gasteiger partial charge in [0.25, 0.3) is 0 Å². The van der Waals surface area contributed by atoms with Gasteiger partial charge in [-0.25, -0.2) is 0 Å². The summed E-state index contributed by atoms with van der Waals surface area (Å²) in [5.74, 6) is -0.0569. The van der Waals surface area contributed by atoms with Crippen LogP contribution in [0.1, 0.15) is 19.8 Å². The molecule has 0 aromatic rings. The van der Waals surface area contributed by atoms with Crippen molar-refractivity contribution >= 4 is 11.8 Å². The van der Waals surface area contributed by atoms with E-state index in [2.05, 4.69) is 5.32 Å². The van der Waals surface area contributed by atoms with Gasteiger partial charge >= 0.3 is 0 Å². The summed E-state index contributed by atoms with van der Waals surface area (Å²) in [5, 5.41) is 2.67. The molecule has 1 unspecified atom stereocenters. The lowest BCUT2D eigenvalue weighted by Gasteiger charge is -2.15. The van der Waals surface area contributed by atoms with E-state index >= 15 is 0 Å². The monoisotopic (exact) mass is 199 g/mol. The van der Waals surface area contributed by atoms with Gasteiger partial charge in [-0.1, -0.05) is 0 Å². The van der Waals surface area contributed by atoms with Gasteiger partial charge in [0.1, 0.15) is 0 Å². The molecule has 0 radical (unpaired) electrons. The van der Waals surface area contributed by atoms with Crippen molar-refractivity contribution in [3.05, 3.63) is 0 Å². The molecule has 1 aliphatic rings. The van der Waals surface area contributed by atoms with E-state index in [4.69, 9.17) is 5.73 Å². The lowest BCUT2D eigenvalue weighted by Crippen LogP contribution is -2.41. The van der Waals surface area contributed by atoms with Crippen LogP contribution in [0.5, 0.6) is 0 Å². The molecule has 1 fully saturated rings. The van der Waals surface area contributed by atoms with Crippen molar-refractivity contribution in [1.82, 2.24) is 10.2 Å². The number of nitrogens with zero attached hydrogens (tertiary/aromatic N) is 1. The highest BCUT2D eigenvalue weighted by molar-refractivity contribution is 5.85. The highest BCUT2D eigenvalue weighted by Gasteiger charge is 2.21. The van der Waals surface area contributed by atoms with Crippen molar-refractivity contribution in [3.8, 4) is 0 Å². The minimum atomic E-state index is -0.127. The molecule has 0 aromatic carbocycles. The molecule has 0 aliphatic carbocycles. The maximum absolute atomic E-state index is 11.3. The van der Waals surface area contributed by atoms with Crippen LogP contribution >= 0.6 is 0 Å². The summed E-state index contributed by atoms with van der Waals surface area (Å²) in [6.45, 7) is 3.15. The predicted molar refractivity (Wildman–Crippen MR) is 52.5 cm³/mol. The largest absolute Gasteiger partial charge is 0.353 e. The molecule has 1 rings (SSSR count). The number of nitrogens with two attached hydrogens (primary N) is 1. The average Bonchev–Trinajstić information content (AvgIpc) is 2.49. The van der Waals surface area contributed by atoms with Crippen molar-refractivity contribution in [1.29, 1.82) is 0 Å². The van der Waals surface area contributed by atoms with Gasteiger partial charge in [0.05, 0.1) is 6.54 Å². The fourth-order valence-corrected chi connectivity index (χ4v) is 1.38. The van der Waals surface area contributed by atoms with Gasteiger partial charge in [0, 0.05) is 25.6 Å². The topological polar surface area (TPSA) is 75.4 Å². The summed E-state index contributed by atoms with van der Waals surface area (Å²) in [6, 6.07) is -0.0479. The standard InChI is InChI=1S/C9H17N3O2/c1-7(10)5-11-8(13)6-12-4-2-3-9(12)14/h7H,2-6,10H2,1H3,(H,11,13). The van der Waals surface area contributed by atoms with Crippen molar-refractivity contribution < 1.29 is 9.59 Å². The zero-order valence-corrected chi connectivity index (χ0v) is 8.45. The number of amides is 2. The lowest BCUT2D eigenvalue weighted by molar-refractivity contribution is -0.133. The summed E-state index contributed by atoms with van der Waals surface area (Å²) in [6.07, 6.45) is 1.43. The summed E-state index contributed by atoms with van der Waals surface area (Å²) >= 11 is 0. The Balaban J connectivity index is 2.23. The molecule has 1 aliphatic heterocycles. The molecule has 14 heavy (non-hydrogen) atoms. The van der Waals surface area contributed by atoms with E-state index in [0.29, 0.717) is 19.5 Å². The summed E-state index contributed by atoms with van der Waals surface area (Å²) in [4.78, 5) is 24.0. The maximum Gasteiger partial charge on any atom is 0.239 e. The number of carbonyl (C=O) groups excluding carboxylic acids is 2. The molecule has 80 valence electrons. The van der Waals surface area contributed by atoms with E-state index in [0.717, 1.165) is 6.42 Å². The molecule has 0 spiro atoms. The Bertz CT molecular complexity index is 228. The number of rotatable bonds is 4. The van der Waals surface area contributed by atoms with Crippen molar-refractivity contribution in [2.24, 2.45) is 5.73 Å². The minimum Gasteiger partial charge on any atom is -0.353 e. The third-order valence-electron chi connectivity index (χ3n) is 2.13. The number of likely N-dealkylation sites (tertiary alicyclic amines) is 1. The molecular formula is C9H17N3O2. The van der Waals surface area contributed by atoms with Crippen LogP contribution in [0.2, 0.25) is 0 Å². The Morgan fingerprint density at radius 2 is 2.43 bits per heavy atom. The zero-order valence-electron chi connectivity index (χ0n) is 8.45. The molecule has 1 atom stereocenters. The average molecular weight is 199 g/mol. The minimum absolute atomic E-state index is 0.0479. The molecule has 5 nitrogen and oxygen atoms in total. The van der Waals surface area contributed by atoms with Crippen LogP contribution in [-0.2, 0) is 9.59 Å². The van der Waals surface area contributed by atoms with E-state index in [1.165, 1.54) is 0 Å². The maximum atomic E-state index is 11.3. The van der Waals surface area contributed by atoms with Crippen LogP contribution in [0, 0.1) is 0 Å². The first-order valence-corrected chi connectivity index (χ1v) is 4.89. The third-order valence-corrected chi connectivity index (χ3v) is 2.13. The highest BCUT2D eigenvalue weighted by Crippen LogP contribution is 2.08. The Morgan fingerprint density at radius 3 is 2.93 bits per heavy atom. The Kier molecular flexibility index (Phi) is 3.88. The van der Waals surface area contributed by atoms with E-state index in [1.807, 2.05) is 6.92 Å². The SMILES string of the molecule is CC(N)CNC(=O)CN1CCCC1=O. The number of hydrogen-bond donors (Lipinski definition) is 2. The van der Waals surface area contributed by atoms with Crippen LogP contribution in [0.15, 0.2) is 0 Å². The molecule has 1 heterocycles. The number of carbonyl (C=O) groups is 2. The van der Waals surface area contributed by atoms with Crippen molar-refractivity contribution in [2.75, 3.05) is 19.6 Å². The van der Waals surface area contributed by atoms with Gasteiger partial charge in [0.15, 0.2) is 0 Å². The fourth-order valence-electron chi connectivity index (χ4n) is 1.38. The smallest absolute Gasteiger partial charge is 0.239 e. The van der Waals surface area contributed by atoms with Gasteiger partial charge < -0.3 is 16.0 Å². The van der Waals surface area contributed by atoms with Gasteiger partial charge in [0.2, 0.25) is 11.8 Å². The highest BCUT2D eigenvalue weighted by atomic mass is 16.2. The van der Waals surface area contributed by atoms with E-state index in [9.17, 15) is 9.59 Å². The molecular weight excluding hydrogens is 182 g/mol. The second kappa shape index (κ2) is 4.95. The van der Waals surface area contributed by atoms with Gasteiger partial charge in [-0.05, 0) is 13.3 Å². The Morgan fingerprint density at radius 1 is 1.71 bits per heavy atom. The molecule has 2 amide bonds. The summed E-state index contributed by atoms with van der Waals surface area (Å²) < 4.78 is 0. The van der Waals surface area contributed by atoms with Gasteiger partial charge in [-0.3, -0.25) is 9.59 Å². The van der Waals surface area contributed by atoms with Crippen LogP contribution in [0.3, 0.4) is 0 Å². The van der Waals surface area contributed by atoms with E-state index < -0.39 is 0 Å². The normalized spacial score (nSPS) is 18.4. The molecule has 0 aromatic heterocycles. The number of hydrogen-bond acceptors (Lipinski definition) is 3. The van der Waals surface area contributed by atoms with Crippen molar-refractivity contribution in [3.63, 3.8) is 0 Å². The zero-order chi connectivity index (χ0) is 10.6. The number of nitrogens with one attached hydrogen (secondary N) is 1. The molecule has 0 saturated carbocycles. The molecule has 1 saturated heterocycles. The van der Waals surface area contributed by atoms with Crippen LogP contribution < -0.4 is 11.1 Å².